The maximum Gasteiger partial charge on any atom is 0.376 e. The van der Waals surface area contributed by atoms with Crippen molar-refractivity contribution in [3.05, 3.63) is 41.5 Å². The van der Waals surface area contributed by atoms with Crippen LogP contribution in [0.2, 0.25) is 0 Å². The van der Waals surface area contributed by atoms with Crippen LogP contribution in [-0.4, -0.2) is 17.6 Å². The highest BCUT2D eigenvalue weighted by Crippen LogP contribution is 2.24. The predicted molar refractivity (Wildman–Crippen MR) is 76.4 cm³/mol. The number of hydrogen-bond donors (Lipinski definition) is 0. The summed E-state index contributed by atoms with van der Waals surface area (Å²) in [7, 11) is 0. The van der Waals surface area contributed by atoms with Crippen LogP contribution in [0.25, 0.3) is 11.5 Å². The molecule has 1 heterocycles. The highest BCUT2D eigenvalue weighted by Gasteiger charge is 2.22. The lowest BCUT2D eigenvalue weighted by molar-refractivity contribution is 0.0489. The number of aromatic nitrogens is 1. The Balaban J connectivity index is 2.39. The molecule has 1 aromatic carbocycles. The molecule has 0 amide bonds. The van der Waals surface area contributed by atoms with Crippen LogP contribution in [0.4, 0.5) is 4.39 Å². The topological polar surface area (TPSA) is 52.3 Å². The van der Waals surface area contributed by atoms with Crippen LogP contribution in [0.5, 0.6) is 0 Å². The minimum Gasteiger partial charge on any atom is -0.460 e. The molecule has 0 saturated carbocycles. The molecule has 0 fully saturated rings. The van der Waals surface area contributed by atoms with Gasteiger partial charge in [-0.15, -0.1) is 0 Å². The zero-order valence-corrected chi connectivity index (χ0v) is 12.4. The Morgan fingerprint density at radius 1 is 1.33 bits per heavy atom. The molecule has 0 unspecified atom stereocenters. The van der Waals surface area contributed by atoms with Crippen LogP contribution < -0.4 is 0 Å². The van der Waals surface area contributed by atoms with Crippen LogP contribution in [0.15, 0.2) is 28.7 Å². The van der Waals surface area contributed by atoms with E-state index in [0.717, 1.165) is 0 Å². The second kappa shape index (κ2) is 6.52. The number of benzene rings is 1. The summed E-state index contributed by atoms with van der Waals surface area (Å²) in [5, 5.41) is 0. The Labute approximate surface area is 122 Å². The van der Waals surface area contributed by atoms with Crippen LogP contribution in [0, 0.1) is 11.7 Å². The summed E-state index contributed by atoms with van der Waals surface area (Å²) in [6, 6.07) is 5.78. The Morgan fingerprint density at radius 2 is 2.00 bits per heavy atom. The van der Waals surface area contributed by atoms with Gasteiger partial charge < -0.3 is 9.15 Å². The molecule has 0 aliphatic rings. The number of esters is 1. The normalized spacial score (nSPS) is 10.9. The second-order valence-electron chi connectivity index (χ2n) is 5.12. The Morgan fingerprint density at radius 3 is 2.57 bits per heavy atom. The molecule has 1 aromatic heterocycles. The molecular weight excluding hydrogens is 273 g/mol. The average Bonchev–Trinajstić information content (AvgIpc) is 2.83. The number of rotatable bonds is 5. The largest absolute Gasteiger partial charge is 0.460 e. The molecular formula is C16H18FNO3. The lowest BCUT2D eigenvalue weighted by atomic mass is 10.1. The summed E-state index contributed by atoms with van der Waals surface area (Å²) in [4.78, 5) is 16.3. The monoisotopic (exact) mass is 291 g/mol. The van der Waals surface area contributed by atoms with E-state index in [-0.39, 0.29) is 18.2 Å². The van der Waals surface area contributed by atoms with Gasteiger partial charge in [-0.1, -0.05) is 13.8 Å². The van der Waals surface area contributed by atoms with Crippen molar-refractivity contribution in [2.75, 3.05) is 6.61 Å². The van der Waals surface area contributed by atoms with Gasteiger partial charge in [-0.25, -0.2) is 14.2 Å². The zero-order valence-electron chi connectivity index (χ0n) is 12.4. The smallest absolute Gasteiger partial charge is 0.376 e. The number of carbonyl (C=O) groups excluding carboxylic acids is 1. The Hall–Kier alpha value is -2.17. The zero-order chi connectivity index (χ0) is 15.4. The van der Waals surface area contributed by atoms with Gasteiger partial charge in [0.1, 0.15) is 5.82 Å². The van der Waals surface area contributed by atoms with Gasteiger partial charge in [-0.3, -0.25) is 0 Å². The molecule has 2 rings (SSSR count). The van der Waals surface area contributed by atoms with Gasteiger partial charge in [-0.2, -0.15) is 0 Å². The Bertz CT molecular complexity index is 617. The van der Waals surface area contributed by atoms with Gasteiger partial charge in [0, 0.05) is 5.56 Å². The summed E-state index contributed by atoms with van der Waals surface area (Å²) in [6.07, 6.45) is 0.610. The predicted octanol–water partition coefficient (Wildman–Crippen LogP) is 3.86. The minimum atomic E-state index is -0.519. The second-order valence-corrected chi connectivity index (χ2v) is 5.12. The molecule has 0 bridgehead atoms. The lowest BCUT2D eigenvalue weighted by Crippen LogP contribution is -2.08. The van der Waals surface area contributed by atoms with E-state index in [4.69, 9.17) is 9.15 Å². The van der Waals surface area contributed by atoms with E-state index in [1.165, 1.54) is 12.1 Å². The van der Waals surface area contributed by atoms with Gasteiger partial charge in [0.15, 0.2) is 0 Å². The standard InChI is InChI=1S/C16H18FNO3/c1-4-20-16(19)14-13(9-10(2)3)18-15(21-14)11-5-7-12(17)8-6-11/h5-8,10H,4,9H2,1-3H3. The summed E-state index contributed by atoms with van der Waals surface area (Å²) >= 11 is 0. The molecule has 0 atom stereocenters. The van der Waals surface area contributed by atoms with Gasteiger partial charge in [0.05, 0.1) is 12.3 Å². The van der Waals surface area contributed by atoms with Gasteiger partial charge in [0.25, 0.3) is 0 Å². The first-order valence-electron chi connectivity index (χ1n) is 6.94. The third-order valence-electron chi connectivity index (χ3n) is 2.85. The van der Waals surface area contributed by atoms with Crippen molar-refractivity contribution in [1.29, 1.82) is 0 Å². The molecule has 2 aromatic rings. The van der Waals surface area contributed by atoms with Gasteiger partial charge >= 0.3 is 5.97 Å². The third kappa shape index (κ3) is 3.68. The first-order valence-corrected chi connectivity index (χ1v) is 6.94. The van der Waals surface area contributed by atoms with Crippen molar-refractivity contribution in [1.82, 2.24) is 4.98 Å². The van der Waals surface area contributed by atoms with Crippen LogP contribution in [-0.2, 0) is 11.2 Å². The van der Waals surface area contributed by atoms with Gasteiger partial charge in [0.2, 0.25) is 11.7 Å². The van der Waals surface area contributed by atoms with E-state index >= 15 is 0 Å². The fourth-order valence-corrected chi connectivity index (χ4v) is 1.95. The van der Waals surface area contributed by atoms with Crippen LogP contribution in [0.1, 0.15) is 37.0 Å². The first kappa shape index (κ1) is 15.2. The van der Waals surface area contributed by atoms with Crippen LogP contribution in [0.3, 0.4) is 0 Å². The summed E-state index contributed by atoms with van der Waals surface area (Å²) in [6.45, 7) is 6.06. The number of carbonyl (C=O) groups is 1. The SMILES string of the molecule is CCOC(=O)c1oc(-c2ccc(F)cc2)nc1CC(C)C. The molecule has 0 aliphatic heterocycles. The molecule has 0 aliphatic carbocycles. The van der Waals surface area contributed by atoms with Crippen molar-refractivity contribution in [2.24, 2.45) is 5.92 Å². The Kier molecular flexibility index (Phi) is 4.73. The highest BCUT2D eigenvalue weighted by atomic mass is 19.1. The van der Waals surface area contributed by atoms with E-state index in [9.17, 15) is 9.18 Å². The van der Waals surface area contributed by atoms with E-state index in [1.807, 2.05) is 13.8 Å². The van der Waals surface area contributed by atoms with Crippen molar-refractivity contribution in [2.45, 2.75) is 27.2 Å². The quantitative estimate of drug-likeness (QED) is 0.785. The average molecular weight is 291 g/mol. The van der Waals surface area contributed by atoms with E-state index in [2.05, 4.69) is 4.98 Å². The first-order chi connectivity index (χ1) is 10.0. The minimum absolute atomic E-state index is 0.130. The maximum absolute atomic E-state index is 13.0. The van der Waals surface area contributed by atoms with E-state index in [1.54, 1.807) is 19.1 Å². The number of ether oxygens (including phenoxy) is 1. The third-order valence-corrected chi connectivity index (χ3v) is 2.85. The summed E-state index contributed by atoms with van der Waals surface area (Å²) in [5.74, 6) is -0.102. The van der Waals surface area contributed by atoms with Gasteiger partial charge in [-0.05, 0) is 43.5 Å². The number of nitrogens with zero attached hydrogens (tertiary/aromatic N) is 1. The molecule has 0 saturated heterocycles. The molecule has 5 heteroatoms. The van der Waals surface area contributed by atoms with Crippen LogP contribution >= 0.6 is 0 Å². The molecule has 21 heavy (non-hydrogen) atoms. The molecule has 0 N–H and O–H groups in total. The van der Waals surface area contributed by atoms with Crippen molar-refractivity contribution >= 4 is 5.97 Å². The molecule has 112 valence electrons. The van der Waals surface area contributed by atoms with Crippen molar-refractivity contribution < 1.29 is 18.3 Å². The van der Waals surface area contributed by atoms with Crippen molar-refractivity contribution in [3.8, 4) is 11.5 Å². The molecule has 0 spiro atoms. The molecule has 4 nitrogen and oxygen atoms in total. The fraction of sp³-hybridized carbons (Fsp3) is 0.375. The molecule has 0 radical (unpaired) electrons. The lowest BCUT2D eigenvalue weighted by Gasteiger charge is -2.02. The number of oxazole rings is 1. The van der Waals surface area contributed by atoms with E-state index < -0.39 is 5.97 Å². The van der Waals surface area contributed by atoms with Crippen molar-refractivity contribution in [3.63, 3.8) is 0 Å². The highest BCUT2D eigenvalue weighted by molar-refractivity contribution is 5.88. The summed E-state index contributed by atoms with van der Waals surface area (Å²) in [5.41, 5.74) is 1.19. The maximum atomic E-state index is 13.0. The summed E-state index contributed by atoms with van der Waals surface area (Å²) < 4.78 is 23.5. The fourth-order valence-electron chi connectivity index (χ4n) is 1.95. The van der Waals surface area contributed by atoms with E-state index in [0.29, 0.717) is 29.5 Å². The number of halogens is 1. The number of hydrogen-bond acceptors (Lipinski definition) is 4.